The summed E-state index contributed by atoms with van der Waals surface area (Å²) in [5.74, 6) is -0.176. The Morgan fingerprint density at radius 1 is 1.15 bits per heavy atom. The van der Waals surface area contributed by atoms with Crippen LogP contribution in [0.1, 0.15) is 33.3 Å². The second kappa shape index (κ2) is 6.29. The molecule has 1 aromatic heterocycles. The van der Waals surface area contributed by atoms with Crippen molar-refractivity contribution in [1.29, 1.82) is 0 Å². The van der Waals surface area contributed by atoms with E-state index in [4.69, 9.17) is 4.74 Å². The summed E-state index contributed by atoms with van der Waals surface area (Å²) >= 11 is 0. The van der Waals surface area contributed by atoms with Gasteiger partial charge in [-0.25, -0.2) is 4.79 Å². The maximum atomic E-state index is 11.9. The zero-order valence-corrected chi connectivity index (χ0v) is 15.3. The van der Waals surface area contributed by atoms with E-state index in [1.165, 1.54) is 4.80 Å². The van der Waals surface area contributed by atoms with Crippen molar-refractivity contribution in [2.75, 3.05) is 0 Å². The van der Waals surface area contributed by atoms with E-state index in [2.05, 4.69) is 16.8 Å². The first-order valence-electron chi connectivity index (χ1n) is 8.24. The van der Waals surface area contributed by atoms with Crippen LogP contribution in [0.3, 0.4) is 0 Å². The van der Waals surface area contributed by atoms with E-state index in [1.807, 2.05) is 45.0 Å². The van der Waals surface area contributed by atoms with Gasteiger partial charge in [-0.05, 0) is 30.5 Å². The summed E-state index contributed by atoms with van der Waals surface area (Å²) in [5, 5.41) is 19.6. The lowest BCUT2D eigenvalue weighted by Gasteiger charge is -2.22. The smallest absolute Gasteiger partial charge is 0.338 e. The number of carbonyl (C=O) groups is 1. The third kappa shape index (κ3) is 3.31. The van der Waals surface area contributed by atoms with Gasteiger partial charge in [-0.2, -0.15) is 0 Å². The molecule has 0 spiro atoms. The quantitative estimate of drug-likeness (QED) is 0.440. The predicted molar refractivity (Wildman–Crippen MR) is 99.7 cm³/mol. The first kappa shape index (κ1) is 17.7. The summed E-state index contributed by atoms with van der Waals surface area (Å²) in [5.41, 5.74) is 2.29. The van der Waals surface area contributed by atoms with E-state index in [0.29, 0.717) is 33.6 Å². The Kier molecular flexibility index (Phi) is 4.28. The Hall–Kier alpha value is -3.15. The Labute approximate surface area is 151 Å². The Bertz CT molecular complexity index is 980. The minimum absolute atomic E-state index is 0.0490. The molecule has 0 saturated heterocycles. The Morgan fingerprint density at radius 2 is 1.73 bits per heavy atom. The van der Waals surface area contributed by atoms with Gasteiger partial charge in [0.15, 0.2) is 0 Å². The molecule has 0 radical (unpaired) electrons. The van der Waals surface area contributed by atoms with Crippen molar-refractivity contribution in [2.24, 2.45) is 0 Å². The molecule has 3 rings (SSSR count). The zero-order valence-electron chi connectivity index (χ0n) is 15.3. The Morgan fingerprint density at radius 3 is 2.23 bits per heavy atom. The second-order valence-corrected chi connectivity index (χ2v) is 7.24. The van der Waals surface area contributed by atoms with Gasteiger partial charge in [-0.1, -0.05) is 39.5 Å². The number of phenols is 1. The lowest BCUT2D eigenvalue weighted by Crippen LogP contribution is -2.15. The SMILES string of the molecule is C=C(C)C(=O)Oc1cc(-n2nc3ccccc3n2)c(O)c(C(C)(C)C)c1. The normalized spacial score (nSPS) is 11.5. The number of phenolic OH excluding ortho intramolecular Hbond substituents is 1. The fraction of sp³-hybridized carbons (Fsp3) is 0.250. The summed E-state index contributed by atoms with van der Waals surface area (Å²) in [7, 11) is 0. The van der Waals surface area contributed by atoms with Crippen LogP contribution < -0.4 is 4.74 Å². The lowest BCUT2D eigenvalue weighted by molar-refractivity contribution is -0.130. The Balaban J connectivity index is 2.19. The van der Waals surface area contributed by atoms with Crippen LogP contribution >= 0.6 is 0 Å². The average molecular weight is 351 g/mol. The molecule has 6 heteroatoms. The van der Waals surface area contributed by atoms with Crippen LogP contribution in [0.15, 0.2) is 48.6 Å². The number of benzene rings is 2. The molecule has 0 atom stereocenters. The minimum Gasteiger partial charge on any atom is -0.505 e. The van der Waals surface area contributed by atoms with Crippen LogP contribution in [0, 0.1) is 0 Å². The van der Waals surface area contributed by atoms with Gasteiger partial charge < -0.3 is 9.84 Å². The summed E-state index contributed by atoms with van der Waals surface area (Å²) in [6.45, 7) is 11.1. The van der Waals surface area contributed by atoms with Gasteiger partial charge in [-0.3, -0.25) is 0 Å². The molecule has 0 aliphatic heterocycles. The van der Waals surface area contributed by atoms with Crippen molar-refractivity contribution in [2.45, 2.75) is 33.1 Å². The third-order valence-electron chi connectivity index (χ3n) is 3.93. The van der Waals surface area contributed by atoms with Gasteiger partial charge in [0.1, 0.15) is 28.2 Å². The largest absolute Gasteiger partial charge is 0.505 e. The molecule has 1 heterocycles. The standard InChI is InChI=1S/C20H21N3O3/c1-12(2)19(25)26-13-10-14(20(3,4)5)18(24)17(11-13)23-21-15-8-6-7-9-16(15)22-23/h6-11,24H,1H2,2-5H3. The molecule has 0 saturated carbocycles. The first-order valence-corrected chi connectivity index (χ1v) is 8.24. The molecular weight excluding hydrogens is 330 g/mol. The van der Waals surface area contributed by atoms with Gasteiger partial charge in [0, 0.05) is 17.2 Å². The van der Waals surface area contributed by atoms with Crippen LogP contribution in [-0.4, -0.2) is 26.1 Å². The minimum atomic E-state index is -0.528. The van der Waals surface area contributed by atoms with Crippen molar-refractivity contribution in [1.82, 2.24) is 15.0 Å². The first-order chi connectivity index (χ1) is 12.2. The number of aromatic nitrogens is 3. The number of hydrogen-bond donors (Lipinski definition) is 1. The fourth-order valence-corrected chi connectivity index (χ4v) is 2.54. The molecule has 0 unspecified atom stereocenters. The molecule has 0 fully saturated rings. The number of ether oxygens (including phenoxy) is 1. The summed E-state index contributed by atoms with van der Waals surface area (Å²) < 4.78 is 5.38. The molecule has 0 aliphatic rings. The molecule has 0 aliphatic carbocycles. The molecule has 1 N–H and O–H groups in total. The highest BCUT2D eigenvalue weighted by atomic mass is 16.5. The van der Waals surface area contributed by atoms with E-state index in [9.17, 15) is 9.90 Å². The molecule has 26 heavy (non-hydrogen) atoms. The molecule has 0 bridgehead atoms. The maximum Gasteiger partial charge on any atom is 0.338 e. The van der Waals surface area contributed by atoms with Crippen molar-refractivity contribution < 1.29 is 14.6 Å². The lowest BCUT2D eigenvalue weighted by atomic mass is 9.86. The summed E-state index contributed by atoms with van der Waals surface area (Å²) in [6.07, 6.45) is 0. The van der Waals surface area contributed by atoms with Gasteiger partial charge in [0.2, 0.25) is 0 Å². The summed E-state index contributed by atoms with van der Waals surface area (Å²) in [4.78, 5) is 13.3. The highest BCUT2D eigenvalue weighted by Gasteiger charge is 2.24. The van der Waals surface area contributed by atoms with E-state index < -0.39 is 5.97 Å². The number of esters is 1. The van der Waals surface area contributed by atoms with Gasteiger partial charge in [0.05, 0.1) is 0 Å². The van der Waals surface area contributed by atoms with Gasteiger partial charge >= 0.3 is 5.97 Å². The van der Waals surface area contributed by atoms with E-state index in [0.717, 1.165) is 0 Å². The number of rotatable bonds is 3. The predicted octanol–water partition coefficient (Wildman–Crippen LogP) is 3.91. The molecule has 2 aromatic carbocycles. The molecule has 6 nitrogen and oxygen atoms in total. The molecule has 0 amide bonds. The van der Waals surface area contributed by atoms with Crippen LogP contribution in [0.2, 0.25) is 0 Å². The van der Waals surface area contributed by atoms with Crippen molar-refractivity contribution in [3.05, 3.63) is 54.1 Å². The van der Waals surface area contributed by atoms with Gasteiger partial charge in [-0.15, -0.1) is 15.0 Å². The molecule has 134 valence electrons. The van der Waals surface area contributed by atoms with E-state index in [1.54, 1.807) is 19.1 Å². The number of hydrogen-bond acceptors (Lipinski definition) is 5. The maximum absolute atomic E-state index is 11.9. The topological polar surface area (TPSA) is 77.2 Å². The number of fused-ring (bicyclic) bond motifs is 1. The highest BCUT2D eigenvalue weighted by Crippen LogP contribution is 2.38. The zero-order chi connectivity index (χ0) is 19.1. The van der Waals surface area contributed by atoms with Crippen molar-refractivity contribution in [3.63, 3.8) is 0 Å². The number of carbonyl (C=O) groups excluding carboxylic acids is 1. The average Bonchev–Trinajstić information content (AvgIpc) is 2.98. The number of aromatic hydroxyl groups is 1. The van der Waals surface area contributed by atoms with Crippen LogP contribution in [0.25, 0.3) is 16.7 Å². The number of nitrogens with zero attached hydrogens (tertiary/aromatic N) is 3. The summed E-state index contributed by atoms with van der Waals surface area (Å²) in [6, 6.07) is 10.6. The second-order valence-electron chi connectivity index (χ2n) is 7.24. The third-order valence-corrected chi connectivity index (χ3v) is 3.93. The van der Waals surface area contributed by atoms with Crippen molar-refractivity contribution in [3.8, 4) is 17.2 Å². The van der Waals surface area contributed by atoms with Gasteiger partial charge in [0.25, 0.3) is 0 Å². The molecular formula is C20H21N3O3. The monoisotopic (exact) mass is 351 g/mol. The van der Waals surface area contributed by atoms with Crippen LogP contribution in [0.5, 0.6) is 11.5 Å². The van der Waals surface area contributed by atoms with Crippen LogP contribution in [0.4, 0.5) is 0 Å². The fourth-order valence-electron chi connectivity index (χ4n) is 2.54. The highest BCUT2D eigenvalue weighted by molar-refractivity contribution is 5.89. The van der Waals surface area contributed by atoms with E-state index in [-0.39, 0.29) is 11.2 Å². The van der Waals surface area contributed by atoms with E-state index >= 15 is 0 Å². The van der Waals surface area contributed by atoms with Crippen LogP contribution in [-0.2, 0) is 10.2 Å². The van der Waals surface area contributed by atoms with Crippen molar-refractivity contribution >= 4 is 17.0 Å². The molecule has 3 aromatic rings.